The molecule has 0 bridgehead atoms. The molecule has 2 N–H and O–H groups in total. The van der Waals surface area contributed by atoms with E-state index in [1.807, 2.05) is 19.1 Å². The Balaban J connectivity index is 1.67. The van der Waals surface area contributed by atoms with E-state index in [9.17, 15) is 9.90 Å². The van der Waals surface area contributed by atoms with Gasteiger partial charge in [0.15, 0.2) is 0 Å². The lowest BCUT2D eigenvalue weighted by Gasteiger charge is -2.44. The van der Waals surface area contributed by atoms with E-state index >= 15 is 0 Å². The number of carbonyl (C=O) groups excluding carboxylic acids is 1. The van der Waals surface area contributed by atoms with Gasteiger partial charge in [-0.25, -0.2) is 0 Å². The second kappa shape index (κ2) is 9.41. The van der Waals surface area contributed by atoms with Gasteiger partial charge in [-0.05, 0) is 37.5 Å². The van der Waals surface area contributed by atoms with Gasteiger partial charge >= 0.3 is 0 Å². The number of aromatic nitrogens is 1. The Morgan fingerprint density at radius 2 is 2.15 bits per heavy atom. The van der Waals surface area contributed by atoms with Crippen LogP contribution in [0, 0.1) is 0 Å². The zero-order valence-corrected chi connectivity index (χ0v) is 15.3. The molecule has 2 saturated heterocycles. The fraction of sp³-hybridized carbons (Fsp3) is 0.684. The number of nitrogens with one attached hydrogen (secondary N) is 1. The Morgan fingerprint density at radius 3 is 2.92 bits per heavy atom. The standard InChI is InChI=1S/C19H29N3O4/c1-2-21-19(24)9-16-3-4-17-18(26-16)13-25-12-15(23)11-22(17)10-14-5-7-20-8-6-14/h5-8,15-18,23H,2-4,9-13H2,1H3,(H,21,24)/t15-,16-,17-,18+/m1/s1. The fourth-order valence-electron chi connectivity index (χ4n) is 3.83. The van der Waals surface area contributed by atoms with Gasteiger partial charge in [-0.3, -0.25) is 14.7 Å². The molecule has 3 heterocycles. The largest absolute Gasteiger partial charge is 0.389 e. The van der Waals surface area contributed by atoms with Crippen molar-refractivity contribution in [1.82, 2.24) is 15.2 Å². The highest BCUT2D eigenvalue weighted by molar-refractivity contribution is 5.76. The van der Waals surface area contributed by atoms with Crippen LogP contribution in [0.4, 0.5) is 0 Å². The monoisotopic (exact) mass is 363 g/mol. The van der Waals surface area contributed by atoms with Crippen LogP contribution in [-0.4, -0.2) is 71.6 Å². The summed E-state index contributed by atoms with van der Waals surface area (Å²) in [7, 11) is 0. The number of aliphatic hydroxyl groups is 1. The summed E-state index contributed by atoms with van der Waals surface area (Å²) in [6.45, 7) is 4.60. The molecule has 0 saturated carbocycles. The van der Waals surface area contributed by atoms with E-state index in [1.54, 1.807) is 12.4 Å². The maximum absolute atomic E-state index is 11.9. The van der Waals surface area contributed by atoms with Gasteiger partial charge < -0.3 is 19.9 Å². The van der Waals surface area contributed by atoms with E-state index in [0.717, 1.165) is 24.9 Å². The van der Waals surface area contributed by atoms with E-state index < -0.39 is 6.10 Å². The van der Waals surface area contributed by atoms with Gasteiger partial charge in [0.25, 0.3) is 0 Å². The van der Waals surface area contributed by atoms with Gasteiger partial charge in [0.1, 0.15) is 0 Å². The second-order valence-corrected chi connectivity index (χ2v) is 7.08. The fourth-order valence-corrected chi connectivity index (χ4v) is 3.83. The van der Waals surface area contributed by atoms with Crippen LogP contribution in [0.1, 0.15) is 31.7 Å². The lowest BCUT2D eigenvalue weighted by atomic mass is 9.94. The third-order valence-corrected chi connectivity index (χ3v) is 5.01. The summed E-state index contributed by atoms with van der Waals surface area (Å²) in [6, 6.07) is 4.17. The van der Waals surface area contributed by atoms with Crippen molar-refractivity contribution in [2.24, 2.45) is 0 Å². The van der Waals surface area contributed by atoms with E-state index in [2.05, 4.69) is 15.2 Å². The van der Waals surface area contributed by atoms with Crippen LogP contribution in [-0.2, 0) is 20.8 Å². The van der Waals surface area contributed by atoms with Crippen molar-refractivity contribution in [3.05, 3.63) is 30.1 Å². The molecular formula is C19H29N3O4. The Hall–Kier alpha value is -1.54. The Morgan fingerprint density at radius 1 is 1.35 bits per heavy atom. The molecule has 7 nitrogen and oxygen atoms in total. The van der Waals surface area contributed by atoms with Gasteiger partial charge in [-0.1, -0.05) is 0 Å². The molecule has 0 spiro atoms. The smallest absolute Gasteiger partial charge is 0.222 e. The number of fused-ring (bicyclic) bond motifs is 1. The predicted molar refractivity (Wildman–Crippen MR) is 96.5 cm³/mol. The van der Waals surface area contributed by atoms with Crippen LogP contribution in [0.15, 0.2) is 24.5 Å². The van der Waals surface area contributed by atoms with E-state index in [-0.39, 0.29) is 24.2 Å². The van der Waals surface area contributed by atoms with Crippen LogP contribution >= 0.6 is 0 Å². The number of amides is 1. The molecule has 2 aliphatic heterocycles. The molecule has 26 heavy (non-hydrogen) atoms. The first-order valence-corrected chi connectivity index (χ1v) is 9.46. The number of rotatable bonds is 5. The van der Waals surface area contributed by atoms with Crippen molar-refractivity contribution in [2.45, 2.75) is 57.1 Å². The summed E-state index contributed by atoms with van der Waals surface area (Å²) < 4.78 is 11.9. The minimum atomic E-state index is -0.508. The molecule has 0 unspecified atom stereocenters. The number of nitrogens with zero attached hydrogens (tertiary/aromatic N) is 2. The first-order valence-electron chi connectivity index (χ1n) is 9.46. The molecule has 3 rings (SSSR count). The predicted octanol–water partition coefficient (Wildman–Crippen LogP) is 0.717. The summed E-state index contributed by atoms with van der Waals surface area (Å²) in [5.74, 6) is 0.0341. The molecule has 0 aromatic carbocycles. The topological polar surface area (TPSA) is 83.9 Å². The summed E-state index contributed by atoms with van der Waals surface area (Å²) in [5, 5.41) is 13.0. The molecule has 1 aromatic rings. The maximum atomic E-state index is 11.9. The molecule has 1 amide bonds. The number of ether oxygens (including phenoxy) is 2. The summed E-state index contributed by atoms with van der Waals surface area (Å²) in [5.41, 5.74) is 1.16. The first kappa shape index (κ1) is 19.2. The molecule has 144 valence electrons. The summed E-state index contributed by atoms with van der Waals surface area (Å²) in [4.78, 5) is 18.2. The van der Waals surface area contributed by atoms with E-state index in [0.29, 0.717) is 32.7 Å². The van der Waals surface area contributed by atoms with E-state index in [1.165, 1.54) is 0 Å². The Labute approximate surface area is 154 Å². The second-order valence-electron chi connectivity index (χ2n) is 7.08. The summed E-state index contributed by atoms with van der Waals surface area (Å²) in [6.07, 6.45) is 5.06. The van der Waals surface area contributed by atoms with Crippen molar-refractivity contribution in [2.75, 3.05) is 26.3 Å². The third-order valence-electron chi connectivity index (χ3n) is 5.01. The number of hydrogen-bond donors (Lipinski definition) is 2. The number of pyridine rings is 1. The van der Waals surface area contributed by atoms with Crippen LogP contribution < -0.4 is 5.32 Å². The van der Waals surface area contributed by atoms with Crippen LogP contribution in [0.25, 0.3) is 0 Å². The normalized spacial score (nSPS) is 30.1. The zero-order chi connectivity index (χ0) is 18.4. The van der Waals surface area contributed by atoms with Gasteiger partial charge in [0.2, 0.25) is 5.91 Å². The van der Waals surface area contributed by atoms with Crippen molar-refractivity contribution in [1.29, 1.82) is 0 Å². The van der Waals surface area contributed by atoms with Gasteiger partial charge in [-0.15, -0.1) is 0 Å². The average molecular weight is 363 g/mol. The zero-order valence-electron chi connectivity index (χ0n) is 15.3. The molecule has 2 fully saturated rings. The molecule has 4 atom stereocenters. The van der Waals surface area contributed by atoms with Crippen molar-refractivity contribution in [3.8, 4) is 0 Å². The van der Waals surface area contributed by atoms with Crippen molar-refractivity contribution in [3.63, 3.8) is 0 Å². The van der Waals surface area contributed by atoms with Gasteiger partial charge in [0, 0.05) is 38.1 Å². The lowest BCUT2D eigenvalue weighted by molar-refractivity contribution is -0.158. The number of hydrogen-bond acceptors (Lipinski definition) is 6. The maximum Gasteiger partial charge on any atom is 0.222 e. The highest BCUT2D eigenvalue weighted by atomic mass is 16.5. The molecule has 2 aliphatic rings. The first-order chi connectivity index (χ1) is 12.7. The van der Waals surface area contributed by atoms with Crippen molar-refractivity contribution < 1.29 is 19.4 Å². The van der Waals surface area contributed by atoms with Crippen LogP contribution in [0.5, 0.6) is 0 Å². The minimum absolute atomic E-state index is 0.0341. The summed E-state index contributed by atoms with van der Waals surface area (Å²) >= 11 is 0. The number of carbonyl (C=O) groups is 1. The highest BCUT2D eigenvalue weighted by Gasteiger charge is 2.37. The van der Waals surface area contributed by atoms with Crippen LogP contribution in [0.2, 0.25) is 0 Å². The Bertz CT molecular complexity index is 571. The van der Waals surface area contributed by atoms with E-state index in [4.69, 9.17) is 9.47 Å². The number of β-amino-alcohol motifs (C(OH)–C–C–N with tert-alkyl or cyclic N) is 1. The molecule has 0 radical (unpaired) electrons. The quantitative estimate of drug-likeness (QED) is 0.802. The van der Waals surface area contributed by atoms with Crippen molar-refractivity contribution >= 4 is 5.91 Å². The lowest BCUT2D eigenvalue weighted by Crippen LogP contribution is -2.55. The highest BCUT2D eigenvalue weighted by Crippen LogP contribution is 2.28. The Kier molecular flexibility index (Phi) is 6.96. The SMILES string of the molecule is CCNC(=O)C[C@H]1CC[C@@H]2[C@H](COC[C@H](O)CN2Cc2ccncc2)O1. The molecule has 1 aromatic heterocycles. The molecule has 7 heteroatoms. The number of aliphatic hydroxyl groups excluding tert-OH is 1. The minimum Gasteiger partial charge on any atom is -0.389 e. The molecular weight excluding hydrogens is 334 g/mol. The van der Waals surface area contributed by atoms with Gasteiger partial charge in [0.05, 0.1) is 37.9 Å². The van der Waals surface area contributed by atoms with Gasteiger partial charge in [-0.2, -0.15) is 0 Å². The molecule has 0 aliphatic carbocycles. The average Bonchev–Trinajstić information content (AvgIpc) is 2.61. The van der Waals surface area contributed by atoms with Crippen LogP contribution in [0.3, 0.4) is 0 Å². The third kappa shape index (κ3) is 5.23.